The predicted molar refractivity (Wildman–Crippen MR) is 153 cm³/mol. The van der Waals surface area contributed by atoms with Crippen LogP contribution in [0.2, 0.25) is 0 Å². The molecule has 8 heteroatoms. The largest absolute Gasteiger partial charge is 0.497 e. The maximum Gasteiger partial charge on any atom is 0.213 e. The minimum atomic E-state index is -0.773. The molecule has 0 aliphatic carbocycles. The smallest absolute Gasteiger partial charge is 0.213 e. The molecule has 38 heavy (non-hydrogen) atoms. The summed E-state index contributed by atoms with van der Waals surface area (Å²) in [6.07, 6.45) is 0.743. The number of hydrogen-bond acceptors (Lipinski definition) is 7. The van der Waals surface area contributed by atoms with E-state index in [0.717, 1.165) is 29.0 Å². The molecule has 0 radical (unpaired) electrons. The van der Waals surface area contributed by atoms with Crippen molar-refractivity contribution in [3.8, 4) is 22.9 Å². The molecule has 0 saturated carbocycles. The SMILES string of the molecule is COc1ccc(-c2cscc2C(=O)C(Nc2cccc(C#N)c2)c2ccc(N(C)C)c(N(C)C=O)c2)cc1. The summed E-state index contributed by atoms with van der Waals surface area (Å²) in [5.41, 5.74) is 5.66. The number of thiophene rings is 1. The van der Waals surface area contributed by atoms with Gasteiger partial charge in [-0.3, -0.25) is 9.59 Å². The zero-order valence-electron chi connectivity index (χ0n) is 21.6. The van der Waals surface area contributed by atoms with E-state index in [9.17, 15) is 14.9 Å². The Morgan fingerprint density at radius 2 is 1.79 bits per heavy atom. The summed E-state index contributed by atoms with van der Waals surface area (Å²) >= 11 is 1.46. The lowest BCUT2D eigenvalue weighted by Crippen LogP contribution is -2.24. The lowest BCUT2D eigenvalue weighted by atomic mass is 9.93. The minimum absolute atomic E-state index is 0.128. The molecule has 1 aromatic heterocycles. The lowest BCUT2D eigenvalue weighted by Gasteiger charge is -2.25. The lowest BCUT2D eigenvalue weighted by molar-refractivity contribution is -0.107. The first-order valence-electron chi connectivity index (χ1n) is 11.9. The molecule has 1 amide bonds. The molecule has 0 spiro atoms. The van der Waals surface area contributed by atoms with Crippen LogP contribution < -0.4 is 19.9 Å². The van der Waals surface area contributed by atoms with E-state index in [1.165, 1.54) is 16.2 Å². The second-order valence-corrected chi connectivity index (χ2v) is 9.66. The Kier molecular flexibility index (Phi) is 8.09. The first-order valence-corrected chi connectivity index (χ1v) is 12.8. The van der Waals surface area contributed by atoms with Crippen LogP contribution in [0.3, 0.4) is 0 Å². The number of methoxy groups -OCH3 is 1. The van der Waals surface area contributed by atoms with Crippen LogP contribution >= 0.6 is 11.3 Å². The number of hydrogen-bond donors (Lipinski definition) is 1. The second kappa shape index (κ2) is 11.6. The van der Waals surface area contributed by atoms with Crippen molar-refractivity contribution in [2.75, 3.05) is 43.4 Å². The van der Waals surface area contributed by atoms with Gasteiger partial charge in [-0.2, -0.15) is 16.6 Å². The first-order chi connectivity index (χ1) is 18.4. The zero-order chi connectivity index (χ0) is 27.2. The van der Waals surface area contributed by atoms with Crippen LogP contribution in [-0.4, -0.2) is 40.4 Å². The molecule has 1 N–H and O–H groups in total. The van der Waals surface area contributed by atoms with Crippen LogP contribution in [0.1, 0.15) is 27.5 Å². The summed E-state index contributed by atoms with van der Waals surface area (Å²) in [5.74, 6) is 0.610. The van der Waals surface area contributed by atoms with Crippen molar-refractivity contribution in [1.82, 2.24) is 0 Å². The third-order valence-corrected chi connectivity index (χ3v) is 6.99. The molecule has 0 aliphatic rings. The Bertz CT molecular complexity index is 1490. The molecule has 192 valence electrons. The Balaban J connectivity index is 1.82. The summed E-state index contributed by atoms with van der Waals surface area (Å²) in [6, 6.07) is 21.6. The van der Waals surface area contributed by atoms with Gasteiger partial charge >= 0.3 is 0 Å². The highest BCUT2D eigenvalue weighted by atomic mass is 32.1. The van der Waals surface area contributed by atoms with Crippen LogP contribution in [0.25, 0.3) is 11.1 Å². The third-order valence-electron chi connectivity index (χ3n) is 6.25. The second-order valence-electron chi connectivity index (χ2n) is 8.92. The number of amides is 1. The van der Waals surface area contributed by atoms with Gasteiger partial charge in [0.1, 0.15) is 11.8 Å². The van der Waals surface area contributed by atoms with E-state index in [2.05, 4.69) is 11.4 Å². The molecular formula is C30H28N4O3S. The maximum atomic E-state index is 14.2. The molecule has 1 heterocycles. The van der Waals surface area contributed by atoms with E-state index in [0.29, 0.717) is 28.1 Å². The maximum absolute atomic E-state index is 14.2. The highest BCUT2D eigenvalue weighted by Gasteiger charge is 2.27. The fourth-order valence-corrected chi connectivity index (χ4v) is 5.07. The van der Waals surface area contributed by atoms with Crippen LogP contribution in [0.4, 0.5) is 17.1 Å². The Hall–Kier alpha value is -4.61. The van der Waals surface area contributed by atoms with Crippen molar-refractivity contribution in [2.45, 2.75) is 6.04 Å². The zero-order valence-corrected chi connectivity index (χ0v) is 22.5. The number of carbonyl (C=O) groups excluding carboxylic acids is 2. The highest BCUT2D eigenvalue weighted by molar-refractivity contribution is 7.08. The molecule has 3 aromatic carbocycles. The average molecular weight is 525 g/mol. The third kappa shape index (κ3) is 5.53. The number of Topliss-reactive ketones (excluding diaryl/α,β-unsaturated/α-hetero) is 1. The number of nitrogens with zero attached hydrogens (tertiary/aromatic N) is 3. The molecular weight excluding hydrogens is 496 g/mol. The topological polar surface area (TPSA) is 85.7 Å². The molecule has 0 saturated heterocycles. The predicted octanol–water partition coefficient (Wildman–Crippen LogP) is 5.99. The highest BCUT2D eigenvalue weighted by Crippen LogP contribution is 2.36. The van der Waals surface area contributed by atoms with Crippen molar-refractivity contribution < 1.29 is 14.3 Å². The van der Waals surface area contributed by atoms with Crippen LogP contribution in [0, 0.1) is 11.3 Å². The Morgan fingerprint density at radius 3 is 2.45 bits per heavy atom. The number of nitrogens with one attached hydrogen (secondary N) is 1. The fourth-order valence-electron chi connectivity index (χ4n) is 4.22. The van der Waals surface area contributed by atoms with Crippen LogP contribution in [0.15, 0.2) is 77.5 Å². The quantitative estimate of drug-likeness (QED) is 0.203. The van der Waals surface area contributed by atoms with Crippen molar-refractivity contribution in [2.24, 2.45) is 0 Å². The standard InChI is InChI=1S/C30H28N4O3S/c1-33(2)27-13-10-22(15-28(27)34(3)19-35)29(32-23-7-5-6-20(14-23)16-31)30(36)26-18-38-17-25(26)21-8-11-24(37-4)12-9-21/h5-15,17-19,29,32H,1-4H3. The van der Waals surface area contributed by atoms with Crippen molar-refractivity contribution in [1.29, 1.82) is 5.26 Å². The van der Waals surface area contributed by atoms with E-state index in [1.54, 1.807) is 32.4 Å². The van der Waals surface area contributed by atoms with E-state index in [1.807, 2.05) is 78.3 Å². The summed E-state index contributed by atoms with van der Waals surface area (Å²) < 4.78 is 5.28. The summed E-state index contributed by atoms with van der Waals surface area (Å²) in [6.45, 7) is 0. The van der Waals surface area contributed by atoms with Crippen molar-refractivity contribution >= 4 is 40.6 Å². The van der Waals surface area contributed by atoms with Crippen LogP contribution in [0.5, 0.6) is 5.75 Å². The van der Waals surface area contributed by atoms with Gasteiger partial charge in [0.2, 0.25) is 6.41 Å². The van der Waals surface area contributed by atoms with Crippen molar-refractivity contribution in [3.63, 3.8) is 0 Å². The molecule has 0 fully saturated rings. The number of carbonyl (C=O) groups is 2. The number of ether oxygens (including phenoxy) is 1. The number of nitriles is 1. The van der Waals surface area contributed by atoms with E-state index < -0.39 is 6.04 Å². The molecule has 0 bridgehead atoms. The first kappa shape index (κ1) is 26.5. The van der Waals surface area contributed by atoms with Gasteiger partial charge in [-0.25, -0.2) is 0 Å². The van der Waals surface area contributed by atoms with Gasteiger partial charge in [-0.1, -0.05) is 24.3 Å². The van der Waals surface area contributed by atoms with E-state index in [4.69, 9.17) is 4.74 Å². The number of anilines is 3. The molecule has 1 unspecified atom stereocenters. The summed E-state index contributed by atoms with van der Waals surface area (Å²) in [4.78, 5) is 29.3. The van der Waals surface area contributed by atoms with Gasteiger partial charge < -0.3 is 19.9 Å². The normalized spacial score (nSPS) is 11.2. The fraction of sp³-hybridized carbons (Fsp3) is 0.167. The monoisotopic (exact) mass is 524 g/mol. The Morgan fingerprint density at radius 1 is 1.03 bits per heavy atom. The van der Waals surface area contributed by atoms with Gasteiger partial charge in [-0.15, -0.1) is 0 Å². The van der Waals surface area contributed by atoms with E-state index in [-0.39, 0.29) is 5.78 Å². The summed E-state index contributed by atoms with van der Waals surface area (Å²) in [7, 11) is 7.10. The van der Waals surface area contributed by atoms with Gasteiger partial charge in [-0.05, 0) is 59.0 Å². The van der Waals surface area contributed by atoms with E-state index >= 15 is 0 Å². The van der Waals surface area contributed by atoms with Gasteiger partial charge in [0.05, 0.1) is 30.1 Å². The van der Waals surface area contributed by atoms with Gasteiger partial charge in [0, 0.05) is 43.3 Å². The minimum Gasteiger partial charge on any atom is -0.497 e. The molecule has 1 atom stereocenters. The van der Waals surface area contributed by atoms with Gasteiger partial charge in [0.15, 0.2) is 5.78 Å². The summed E-state index contributed by atoms with van der Waals surface area (Å²) in [5, 5.41) is 16.6. The number of ketones is 1. The number of benzene rings is 3. The number of rotatable bonds is 10. The van der Waals surface area contributed by atoms with Crippen LogP contribution in [-0.2, 0) is 4.79 Å². The average Bonchev–Trinajstić information content (AvgIpc) is 3.45. The Labute approximate surface area is 226 Å². The molecule has 7 nitrogen and oxygen atoms in total. The van der Waals surface area contributed by atoms with Gasteiger partial charge in [0.25, 0.3) is 0 Å². The molecule has 4 aromatic rings. The molecule has 4 rings (SSSR count). The van der Waals surface area contributed by atoms with Crippen molar-refractivity contribution in [3.05, 3.63) is 94.2 Å². The molecule has 0 aliphatic heterocycles.